The van der Waals surface area contributed by atoms with Gasteiger partial charge in [0.1, 0.15) is 5.82 Å². The molecule has 2 aromatic rings. The maximum Gasteiger partial charge on any atom is 0.419 e. The number of ether oxygens (including phenoxy) is 1. The lowest BCUT2D eigenvalue weighted by atomic mass is 10.2. The number of alkyl halides is 3. The number of carbonyl (C=O) groups excluding carboxylic acids is 1. The molecule has 8 heteroatoms. The Morgan fingerprint density at radius 1 is 1.22 bits per heavy atom. The van der Waals surface area contributed by atoms with E-state index in [0.717, 1.165) is 11.6 Å². The highest BCUT2D eigenvalue weighted by atomic mass is 19.4. The first-order valence-corrected chi connectivity index (χ1v) is 6.60. The minimum atomic E-state index is -4.47. The molecule has 122 valence electrons. The van der Waals surface area contributed by atoms with Crippen molar-refractivity contribution in [1.29, 1.82) is 0 Å². The molecule has 0 bridgehead atoms. The summed E-state index contributed by atoms with van der Waals surface area (Å²) in [6.45, 7) is 0.165. The van der Waals surface area contributed by atoms with Crippen molar-refractivity contribution >= 4 is 17.6 Å². The number of nitrogens with zero attached hydrogens (tertiary/aromatic N) is 1. The molecule has 5 nitrogen and oxygen atoms in total. The predicted octanol–water partition coefficient (Wildman–Crippen LogP) is 3.89. The van der Waals surface area contributed by atoms with Crippen molar-refractivity contribution in [2.75, 3.05) is 17.7 Å². The van der Waals surface area contributed by atoms with Gasteiger partial charge in [-0.3, -0.25) is 5.32 Å². The van der Waals surface area contributed by atoms with Gasteiger partial charge in [-0.15, -0.1) is 0 Å². The number of amides is 1. The number of anilines is 2. The van der Waals surface area contributed by atoms with Gasteiger partial charge < -0.3 is 10.1 Å². The molecule has 2 rings (SSSR count). The lowest BCUT2D eigenvalue weighted by Gasteiger charge is -2.13. The van der Waals surface area contributed by atoms with Crippen LogP contribution >= 0.6 is 0 Å². The van der Waals surface area contributed by atoms with E-state index in [0.29, 0.717) is 5.69 Å². The summed E-state index contributed by atoms with van der Waals surface area (Å²) in [5, 5.41) is 5.14. The average Bonchev–Trinajstić information content (AvgIpc) is 2.53. The fourth-order valence-corrected chi connectivity index (χ4v) is 1.84. The van der Waals surface area contributed by atoms with Gasteiger partial charge >= 0.3 is 12.3 Å². The van der Waals surface area contributed by atoms with E-state index in [1.807, 2.05) is 0 Å². The van der Waals surface area contributed by atoms with Crippen molar-refractivity contribution in [3.63, 3.8) is 0 Å². The molecule has 1 heterocycles. The molecule has 0 fully saturated rings. The second-order valence-electron chi connectivity index (χ2n) is 4.56. The van der Waals surface area contributed by atoms with Gasteiger partial charge in [-0.25, -0.2) is 9.78 Å². The Kier molecular flexibility index (Phi) is 5.05. The molecule has 23 heavy (non-hydrogen) atoms. The largest absolute Gasteiger partial charge is 0.453 e. The predicted molar refractivity (Wildman–Crippen MR) is 79.0 cm³/mol. The highest BCUT2D eigenvalue weighted by molar-refractivity contribution is 5.84. The lowest BCUT2D eigenvalue weighted by Crippen LogP contribution is -2.12. The smallest absolute Gasteiger partial charge is 0.419 e. The first-order chi connectivity index (χ1) is 10.9. The van der Waals surface area contributed by atoms with Crippen LogP contribution in [-0.2, 0) is 17.5 Å². The first kappa shape index (κ1) is 16.6. The van der Waals surface area contributed by atoms with Crippen molar-refractivity contribution in [3.05, 3.63) is 53.7 Å². The normalized spacial score (nSPS) is 11.0. The SMILES string of the molecule is COC(=O)Nc1ccc(CNc2ncccc2C(F)(F)F)cc1. The minimum absolute atomic E-state index is 0.165. The number of benzene rings is 1. The second kappa shape index (κ2) is 6.99. The first-order valence-electron chi connectivity index (χ1n) is 6.60. The minimum Gasteiger partial charge on any atom is -0.453 e. The van der Waals surface area contributed by atoms with Crippen molar-refractivity contribution in [2.24, 2.45) is 0 Å². The van der Waals surface area contributed by atoms with Crippen LogP contribution in [0.25, 0.3) is 0 Å². The fraction of sp³-hybridized carbons (Fsp3) is 0.200. The van der Waals surface area contributed by atoms with Crippen LogP contribution in [0.3, 0.4) is 0 Å². The van der Waals surface area contributed by atoms with Gasteiger partial charge in [-0.2, -0.15) is 13.2 Å². The van der Waals surface area contributed by atoms with Gasteiger partial charge in [0.2, 0.25) is 0 Å². The van der Waals surface area contributed by atoms with Crippen LogP contribution < -0.4 is 10.6 Å². The van der Waals surface area contributed by atoms with E-state index in [1.54, 1.807) is 24.3 Å². The van der Waals surface area contributed by atoms with Gasteiger partial charge in [-0.1, -0.05) is 12.1 Å². The highest BCUT2D eigenvalue weighted by Gasteiger charge is 2.33. The molecule has 1 aromatic heterocycles. The van der Waals surface area contributed by atoms with Crippen LogP contribution in [0.4, 0.5) is 29.5 Å². The van der Waals surface area contributed by atoms with E-state index < -0.39 is 17.8 Å². The maximum absolute atomic E-state index is 12.9. The molecule has 0 radical (unpaired) electrons. The number of nitrogens with one attached hydrogen (secondary N) is 2. The number of pyridine rings is 1. The molecule has 0 atom stereocenters. The maximum atomic E-state index is 12.9. The van der Waals surface area contributed by atoms with Crippen LogP contribution in [0.15, 0.2) is 42.6 Å². The number of rotatable bonds is 4. The summed E-state index contributed by atoms with van der Waals surface area (Å²) < 4.78 is 43.0. The molecule has 0 saturated heterocycles. The van der Waals surface area contributed by atoms with Gasteiger partial charge in [0.25, 0.3) is 0 Å². The molecule has 0 aliphatic carbocycles. The van der Waals surface area contributed by atoms with E-state index in [2.05, 4.69) is 20.4 Å². The van der Waals surface area contributed by atoms with Crippen LogP contribution in [0.2, 0.25) is 0 Å². The Morgan fingerprint density at radius 2 is 1.91 bits per heavy atom. The third kappa shape index (κ3) is 4.60. The van der Waals surface area contributed by atoms with Crippen molar-refractivity contribution in [3.8, 4) is 0 Å². The Labute approximate surface area is 130 Å². The molecule has 1 aromatic carbocycles. The second-order valence-corrected chi connectivity index (χ2v) is 4.56. The van der Waals surface area contributed by atoms with Crippen LogP contribution in [-0.4, -0.2) is 18.2 Å². The van der Waals surface area contributed by atoms with Crippen LogP contribution in [0.1, 0.15) is 11.1 Å². The monoisotopic (exact) mass is 325 g/mol. The van der Waals surface area contributed by atoms with E-state index in [-0.39, 0.29) is 12.4 Å². The van der Waals surface area contributed by atoms with E-state index >= 15 is 0 Å². The van der Waals surface area contributed by atoms with Crippen molar-refractivity contribution in [1.82, 2.24) is 4.98 Å². The highest BCUT2D eigenvalue weighted by Crippen LogP contribution is 2.33. The van der Waals surface area contributed by atoms with Gasteiger partial charge in [0.15, 0.2) is 0 Å². The molecule has 1 amide bonds. The molecular formula is C15H14F3N3O2. The Morgan fingerprint density at radius 3 is 2.52 bits per heavy atom. The topological polar surface area (TPSA) is 63.2 Å². The average molecular weight is 325 g/mol. The number of aromatic nitrogens is 1. The Hall–Kier alpha value is -2.77. The van der Waals surface area contributed by atoms with Crippen LogP contribution in [0, 0.1) is 0 Å². The molecule has 0 aliphatic rings. The summed E-state index contributed by atoms with van der Waals surface area (Å²) in [7, 11) is 1.25. The zero-order valence-corrected chi connectivity index (χ0v) is 12.1. The summed E-state index contributed by atoms with van der Waals surface area (Å²) in [6.07, 6.45) is -3.77. The van der Waals surface area contributed by atoms with E-state index in [1.165, 1.54) is 19.4 Å². The zero-order chi connectivity index (χ0) is 16.9. The van der Waals surface area contributed by atoms with Gasteiger partial charge in [-0.05, 0) is 29.8 Å². The summed E-state index contributed by atoms with van der Waals surface area (Å²) in [4.78, 5) is 14.8. The lowest BCUT2D eigenvalue weighted by molar-refractivity contribution is -0.137. The molecule has 0 aliphatic heterocycles. The molecule has 0 spiro atoms. The Balaban J connectivity index is 2.03. The number of hydrogen-bond acceptors (Lipinski definition) is 4. The van der Waals surface area contributed by atoms with Crippen molar-refractivity contribution < 1.29 is 22.7 Å². The van der Waals surface area contributed by atoms with Gasteiger partial charge in [0.05, 0.1) is 12.7 Å². The number of carbonyl (C=O) groups is 1. The van der Waals surface area contributed by atoms with E-state index in [9.17, 15) is 18.0 Å². The molecule has 0 unspecified atom stereocenters. The summed E-state index contributed by atoms with van der Waals surface area (Å²) in [6, 6.07) is 8.80. The third-order valence-electron chi connectivity index (χ3n) is 2.96. The molecule has 2 N–H and O–H groups in total. The molecular weight excluding hydrogens is 311 g/mol. The molecule has 0 saturated carbocycles. The van der Waals surface area contributed by atoms with Gasteiger partial charge in [0, 0.05) is 18.4 Å². The summed E-state index contributed by atoms with van der Waals surface area (Å²) in [5.74, 6) is -0.225. The quantitative estimate of drug-likeness (QED) is 0.895. The van der Waals surface area contributed by atoms with Crippen LogP contribution in [0.5, 0.6) is 0 Å². The fourth-order valence-electron chi connectivity index (χ4n) is 1.84. The van der Waals surface area contributed by atoms with E-state index in [4.69, 9.17) is 0 Å². The third-order valence-corrected chi connectivity index (χ3v) is 2.96. The number of halogens is 3. The van der Waals surface area contributed by atoms with Crippen molar-refractivity contribution in [2.45, 2.75) is 12.7 Å². The summed E-state index contributed by atoms with van der Waals surface area (Å²) >= 11 is 0. The standard InChI is InChI=1S/C15H14F3N3O2/c1-23-14(22)21-11-6-4-10(5-7-11)9-20-13-12(15(16,17)18)3-2-8-19-13/h2-8H,9H2,1H3,(H,19,20)(H,21,22). The zero-order valence-electron chi connectivity index (χ0n) is 12.1. The number of methoxy groups -OCH3 is 1. The Bertz CT molecular complexity index is 672. The summed E-state index contributed by atoms with van der Waals surface area (Å²) in [5.41, 5.74) is 0.442. The number of hydrogen-bond donors (Lipinski definition) is 2.